The molecule has 5 heteroatoms. The first-order valence-corrected chi connectivity index (χ1v) is 8.55. The van der Waals surface area contributed by atoms with Crippen LogP contribution in [0.15, 0.2) is 18.2 Å². The third-order valence-corrected chi connectivity index (χ3v) is 4.82. The Labute approximate surface area is 135 Å². The summed E-state index contributed by atoms with van der Waals surface area (Å²) >= 11 is 12.4. The van der Waals surface area contributed by atoms with Gasteiger partial charge < -0.3 is 4.57 Å². The van der Waals surface area contributed by atoms with E-state index in [1.165, 1.54) is 25.9 Å². The van der Waals surface area contributed by atoms with Crippen LogP contribution >= 0.6 is 23.2 Å². The van der Waals surface area contributed by atoms with E-state index in [1.54, 1.807) is 0 Å². The molecule has 3 nitrogen and oxygen atoms in total. The Kier molecular flexibility index (Phi) is 4.72. The van der Waals surface area contributed by atoms with E-state index in [-0.39, 0.29) is 0 Å². The number of rotatable bonds is 5. The van der Waals surface area contributed by atoms with Crippen LogP contribution in [0.5, 0.6) is 0 Å². The van der Waals surface area contributed by atoms with Crippen LogP contribution in [-0.4, -0.2) is 39.5 Å². The van der Waals surface area contributed by atoms with Crippen molar-refractivity contribution in [2.45, 2.75) is 38.8 Å². The summed E-state index contributed by atoms with van der Waals surface area (Å²) < 4.78 is 2.27. The summed E-state index contributed by atoms with van der Waals surface area (Å²) in [7, 11) is 0. The Bertz CT molecular complexity index is 617. The molecule has 1 aliphatic heterocycles. The SMILES string of the molecule is CC(Cn1c(CCCl)nc2cccc(Cl)c21)N1CCCC1. The molecule has 0 spiro atoms. The Morgan fingerprint density at radius 1 is 1.29 bits per heavy atom. The fourth-order valence-electron chi connectivity index (χ4n) is 3.22. The van der Waals surface area contributed by atoms with Crippen molar-refractivity contribution in [1.82, 2.24) is 14.5 Å². The fourth-order valence-corrected chi connectivity index (χ4v) is 3.66. The topological polar surface area (TPSA) is 21.1 Å². The van der Waals surface area contributed by atoms with Crippen LogP contribution in [0.2, 0.25) is 5.02 Å². The predicted molar refractivity (Wildman–Crippen MR) is 89.4 cm³/mol. The van der Waals surface area contributed by atoms with Gasteiger partial charge in [-0.2, -0.15) is 0 Å². The zero-order valence-corrected chi connectivity index (χ0v) is 13.9. The number of aryl methyl sites for hydroxylation is 1. The summed E-state index contributed by atoms with van der Waals surface area (Å²) in [5, 5.41) is 0.773. The van der Waals surface area contributed by atoms with Crippen molar-refractivity contribution in [3.8, 4) is 0 Å². The average Bonchev–Trinajstić information content (AvgIpc) is 3.09. The molecule has 0 aliphatic carbocycles. The van der Waals surface area contributed by atoms with Crippen LogP contribution in [0.1, 0.15) is 25.6 Å². The largest absolute Gasteiger partial charge is 0.325 e. The number of likely N-dealkylation sites (tertiary alicyclic amines) is 1. The molecule has 114 valence electrons. The van der Waals surface area contributed by atoms with Crippen molar-refractivity contribution in [1.29, 1.82) is 0 Å². The molecule has 0 amide bonds. The quantitative estimate of drug-likeness (QED) is 0.776. The van der Waals surface area contributed by atoms with Gasteiger partial charge in [0.25, 0.3) is 0 Å². The van der Waals surface area contributed by atoms with Crippen molar-refractivity contribution < 1.29 is 0 Å². The number of imidazole rings is 1. The number of halogens is 2. The molecule has 0 N–H and O–H groups in total. The van der Waals surface area contributed by atoms with E-state index in [0.717, 1.165) is 34.8 Å². The third-order valence-electron chi connectivity index (χ3n) is 4.33. The van der Waals surface area contributed by atoms with E-state index < -0.39 is 0 Å². The highest BCUT2D eigenvalue weighted by molar-refractivity contribution is 6.35. The number of nitrogens with zero attached hydrogens (tertiary/aromatic N) is 3. The lowest BCUT2D eigenvalue weighted by Crippen LogP contribution is -2.34. The molecule has 0 bridgehead atoms. The van der Waals surface area contributed by atoms with Crippen LogP contribution in [-0.2, 0) is 13.0 Å². The molecule has 1 saturated heterocycles. The summed E-state index contributed by atoms with van der Waals surface area (Å²) in [6.45, 7) is 5.61. The molecule has 1 aromatic carbocycles. The number of para-hydroxylation sites is 1. The van der Waals surface area contributed by atoms with Crippen molar-refractivity contribution in [3.05, 3.63) is 29.0 Å². The minimum atomic E-state index is 0.496. The van der Waals surface area contributed by atoms with E-state index in [4.69, 9.17) is 28.2 Å². The number of hydrogen-bond acceptors (Lipinski definition) is 2. The lowest BCUT2D eigenvalue weighted by atomic mass is 10.2. The third kappa shape index (κ3) is 3.05. The monoisotopic (exact) mass is 325 g/mol. The summed E-state index contributed by atoms with van der Waals surface area (Å²) in [5.74, 6) is 1.62. The van der Waals surface area contributed by atoms with Gasteiger partial charge in [0.05, 0.1) is 16.1 Å². The molecule has 1 atom stereocenters. The lowest BCUT2D eigenvalue weighted by Gasteiger charge is -2.25. The zero-order chi connectivity index (χ0) is 14.8. The van der Waals surface area contributed by atoms with Crippen molar-refractivity contribution in [2.24, 2.45) is 0 Å². The van der Waals surface area contributed by atoms with Crippen LogP contribution in [0.3, 0.4) is 0 Å². The minimum Gasteiger partial charge on any atom is -0.325 e. The van der Waals surface area contributed by atoms with Crippen LogP contribution in [0.4, 0.5) is 0 Å². The first-order chi connectivity index (χ1) is 10.2. The van der Waals surface area contributed by atoms with Crippen LogP contribution < -0.4 is 0 Å². The molecule has 1 fully saturated rings. The molecule has 2 heterocycles. The molecule has 1 aromatic heterocycles. The average molecular weight is 326 g/mol. The number of aromatic nitrogens is 2. The molecule has 1 aliphatic rings. The van der Waals surface area contributed by atoms with Gasteiger partial charge in [-0.25, -0.2) is 4.98 Å². The summed E-state index contributed by atoms with van der Waals surface area (Å²) in [6, 6.07) is 6.41. The first-order valence-electron chi connectivity index (χ1n) is 7.64. The lowest BCUT2D eigenvalue weighted by molar-refractivity contribution is 0.236. The van der Waals surface area contributed by atoms with Gasteiger partial charge in [-0.1, -0.05) is 17.7 Å². The zero-order valence-electron chi connectivity index (χ0n) is 12.4. The van der Waals surface area contributed by atoms with E-state index in [2.05, 4.69) is 16.4 Å². The molecular formula is C16H21Cl2N3. The summed E-state index contributed by atoms with van der Waals surface area (Å²) in [5.41, 5.74) is 2.02. The van der Waals surface area contributed by atoms with Crippen LogP contribution in [0.25, 0.3) is 11.0 Å². The van der Waals surface area contributed by atoms with E-state index in [0.29, 0.717) is 11.9 Å². The maximum absolute atomic E-state index is 6.41. The number of alkyl halides is 1. The second-order valence-electron chi connectivity index (χ2n) is 5.78. The molecular weight excluding hydrogens is 305 g/mol. The van der Waals surface area contributed by atoms with E-state index >= 15 is 0 Å². The molecule has 21 heavy (non-hydrogen) atoms. The Hall–Kier alpha value is -0.770. The van der Waals surface area contributed by atoms with Gasteiger partial charge in [-0.3, -0.25) is 4.90 Å². The van der Waals surface area contributed by atoms with Crippen molar-refractivity contribution in [2.75, 3.05) is 19.0 Å². The van der Waals surface area contributed by atoms with Gasteiger partial charge in [-0.15, -0.1) is 11.6 Å². The normalized spacial score (nSPS) is 17.7. The highest BCUT2D eigenvalue weighted by atomic mass is 35.5. The highest BCUT2D eigenvalue weighted by Crippen LogP contribution is 2.26. The number of fused-ring (bicyclic) bond motifs is 1. The Morgan fingerprint density at radius 3 is 2.76 bits per heavy atom. The van der Waals surface area contributed by atoms with E-state index in [1.807, 2.05) is 18.2 Å². The van der Waals surface area contributed by atoms with Crippen molar-refractivity contribution >= 4 is 34.2 Å². The molecule has 3 rings (SSSR count). The van der Waals surface area contributed by atoms with Gasteiger partial charge in [0.1, 0.15) is 5.82 Å². The highest BCUT2D eigenvalue weighted by Gasteiger charge is 2.21. The molecule has 2 aromatic rings. The number of benzene rings is 1. The van der Waals surface area contributed by atoms with Gasteiger partial charge in [-0.05, 0) is 45.0 Å². The van der Waals surface area contributed by atoms with Crippen LogP contribution in [0, 0.1) is 0 Å². The molecule has 0 saturated carbocycles. The molecule has 0 radical (unpaired) electrons. The standard InChI is InChI=1S/C16H21Cl2N3/c1-12(20-9-2-3-10-20)11-21-15(7-8-17)19-14-6-4-5-13(18)16(14)21/h4-6,12H,2-3,7-11H2,1H3. The number of hydrogen-bond donors (Lipinski definition) is 0. The van der Waals surface area contributed by atoms with Gasteiger partial charge >= 0.3 is 0 Å². The first kappa shape index (κ1) is 15.1. The second-order valence-corrected chi connectivity index (χ2v) is 6.56. The Balaban J connectivity index is 1.96. The maximum Gasteiger partial charge on any atom is 0.111 e. The smallest absolute Gasteiger partial charge is 0.111 e. The maximum atomic E-state index is 6.41. The van der Waals surface area contributed by atoms with Crippen molar-refractivity contribution in [3.63, 3.8) is 0 Å². The second kappa shape index (κ2) is 6.55. The summed E-state index contributed by atoms with van der Waals surface area (Å²) in [4.78, 5) is 7.27. The van der Waals surface area contributed by atoms with Gasteiger partial charge in [0.15, 0.2) is 0 Å². The van der Waals surface area contributed by atoms with Gasteiger partial charge in [0, 0.05) is 24.9 Å². The Morgan fingerprint density at radius 2 is 2.05 bits per heavy atom. The predicted octanol–water partition coefficient (Wildman–Crippen LogP) is 3.96. The summed E-state index contributed by atoms with van der Waals surface area (Å²) in [6.07, 6.45) is 3.40. The van der Waals surface area contributed by atoms with E-state index in [9.17, 15) is 0 Å². The fraction of sp³-hybridized carbons (Fsp3) is 0.562. The minimum absolute atomic E-state index is 0.496. The van der Waals surface area contributed by atoms with Gasteiger partial charge in [0.2, 0.25) is 0 Å². The molecule has 1 unspecified atom stereocenters.